The molecular formula is C24H29FN6O3. The molecular weight excluding hydrogens is 439 g/mol. The van der Waals surface area contributed by atoms with E-state index < -0.39 is 5.82 Å². The highest BCUT2D eigenvalue weighted by Gasteiger charge is 2.23. The number of rotatable bonds is 7. The number of carbonyl (C=O) groups is 1. The molecule has 3 heterocycles. The lowest BCUT2D eigenvalue weighted by atomic mass is 10.1. The van der Waals surface area contributed by atoms with E-state index in [-0.39, 0.29) is 22.7 Å². The van der Waals surface area contributed by atoms with Crippen molar-refractivity contribution in [1.29, 1.82) is 0 Å². The summed E-state index contributed by atoms with van der Waals surface area (Å²) in [6.07, 6.45) is 0. The molecule has 1 fully saturated rings. The Labute approximate surface area is 197 Å². The fourth-order valence-corrected chi connectivity index (χ4v) is 4.11. The highest BCUT2D eigenvalue weighted by atomic mass is 19.1. The number of nitrogens with one attached hydrogen (secondary N) is 2. The molecule has 3 aromatic rings. The van der Waals surface area contributed by atoms with Crippen LogP contribution < -0.4 is 15.8 Å². The van der Waals surface area contributed by atoms with Crippen LogP contribution in [0.25, 0.3) is 11.0 Å². The Morgan fingerprint density at radius 2 is 1.94 bits per heavy atom. The molecule has 0 saturated carbocycles. The number of fused-ring (bicyclic) bond motifs is 1. The monoisotopic (exact) mass is 468 g/mol. The Morgan fingerprint density at radius 3 is 2.68 bits per heavy atom. The third-order valence-electron chi connectivity index (χ3n) is 5.92. The topological polar surface area (TPSA) is 103 Å². The van der Waals surface area contributed by atoms with Crippen LogP contribution in [-0.2, 0) is 11.3 Å². The Kier molecular flexibility index (Phi) is 7.18. The van der Waals surface area contributed by atoms with Crippen molar-refractivity contribution in [1.82, 2.24) is 25.2 Å². The number of hydrogen-bond donors (Lipinski definition) is 2. The number of aromatic amines is 1. The van der Waals surface area contributed by atoms with Gasteiger partial charge in [-0.2, -0.15) is 0 Å². The third kappa shape index (κ3) is 5.23. The highest BCUT2D eigenvalue weighted by molar-refractivity contribution is 5.97. The van der Waals surface area contributed by atoms with Crippen molar-refractivity contribution in [2.75, 3.05) is 51.3 Å². The molecule has 4 rings (SSSR count). The number of piperazine rings is 1. The molecule has 0 spiro atoms. The van der Waals surface area contributed by atoms with Crippen molar-refractivity contribution in [3.8, 4) is 0 Å². The maximum absolute atomic E-state index is 14.6. The van der Waals surface area contributed by atoms with Crippen molar-refractivity contribution < 1.29 is 13.9 Å². The molecule has 0 radical (unpaired) electrons. The first kappa shape index (κ1) is 23.8. The summed E-state index contributed by atoms with van der Waals surface area (Å²) in [5, 5.41) is 2.85. The van der Waals surface area contributed by atoms with Crippen molar-refractivity contribution in [2.24, 2.45) is 0 Å². The molecule has 1 aliphatic heterocycles. The maximum Gasteiger partial charge on any atom is 0.272 e. The molecule has 1 amide bonds. The van der Waals surface area contributed by atoms with Crippen LogP contribution in [0.3, 0.4) is 0 Å². The molecule has 10 heteroatoms. The van der Waals surface area contributed by atoms with Gasteiger partial charge in [0.15, 0.2) is 11.5 Å². The summed E-state index contributed by atoms with van der Waals surface area (Å²) in [6, 6.07) is 7.10. The number of aryl methyl sites for hydroxylation is 2. The number of ether oxygens (including phenoxy) is 1. The number of halogens is 1. The lowest BCUT2D eigenvalue weighted by Gasteiger charge is -2.36. The zero-order valence-electron chi connectivity index (χ0n) is 19.7. The van der Waals surface area contributed by atoms with Gasteiger partial charge < -0.3 is 19.9 Å². The number of methoxy groups -OCH3 is 1. The smallest absolute Gasteiger partial charge is 0.272 e. The van der Waals surface area contributed by atoms with Crippen LogP contribution in [-0.4, -0.2) is 72.2 Å². The van der Waals surface area contributed by atoms with Crippen molar-refractivity contribution in [3.05, 3.63) is 63.1 Å². The molecule has 0 unspecified atom stereocenters. The second-order valence-electron chi connectivity index (χ2n) is 8.46. The average Bonchev–Trinajstić information content (AvgIpc) is 2.81. The van der Waals surface area contributed by atoms with E-state index in [1.165, 1.54) is 6.07 Å². The lowest BCUT2D eigenvalue weighted by molar-refractivity contribution is 0.0932. The zero-order valence-corrected chi connectivity index (χ0v) is 19.7. The number of hydrogen-bond acceptors (Lipinski definition) is 7. The quantitative estimate of drug-likeness (QED) is 0.510. The zero-order chi connectivity index (χ0) is 24.2. The van der Waals surface area contributed by atoms with Gasteiger partial charge in [0.25, 0.3) is 11.5 Å². The third-order valence-corrected chi connectivity index (χ3v) is 5.92. The largest absolute Gasteiger partial charge is 0.383 e. The molecule has 0 aliphatic carbocycles. The lowest BCUT2D eigenvalue weighted by Crippen LogP contribution is -2.46. The summed E-state index contributed by atoms with van der Waals surface area (Å²) in [5.74, 6) is -0.664. The summed E-state index contributed by atoms with van der Waals surface area (Å²) < 4.78 is 19.6. The van der Waals surface area contributed by atoms with E-state index in [1.807, 2.05) is 19.1 Å². The van der Waals surface area contributed by atoms with Gasteiger partial charge in [0.2, 0.25) is 0 Å². The summed E-state index contributed by atoms with van der Waals surface area (Å²) in [7, 11) is 1.59. The van der Waals surface area contributed by atoms with Gasteiger partial charge in [0.05, 0.1) is 17.8 Å². The van der Waals surface area contributed by atoms with Crippen LogP contribution >= 0.6 is 0 Å². The summed E-state index contributed by atoms with van der Waals surface area (Å²) >= 11 is 0. The molecule has 1 saturated heterocycles. The molecule has 0 atom stereocenters. The number of nitrogens with zero attached hydrogens (tertiary/aromatic N) is 4. The van der Waals surface area contributed by atoms with E-state index in [9.17, 15) is 14.0 Å². The second-order valence-corrected chi connectivity index (χ2v) is 8.46. The van der Waals surface area contributed by atoms with Crippen LogP contribution in [0, 0.1) is 19.7 Å². The van der Waals surface area contributed by atoms with E-state index >= 15 is 0 Å². The predicted molar refractivity (Wildman–Crippen MR) is 128 cm³/mol. The summed E-state index contributed by atoms with van der Waals surface area (Å²) in [6.45, 7) is 7.71. The standard InChI is InChI=1S/C24H29FN6O3/c1-15-4-5-20(22(27-15)24(33)26-6-11-34-3)31-9-7-30(8-10-31)14-17-12-18(25)21-19(13-17)29-23(32)16(2)28-21/h4-5,12-13H,6-11,14H2,1-3H3,(H,26,33)(H,29,32). The van der Waals surface area contributed by atoms with Gasteiger partial charge >= 0.3 is 0 Å². The fraction of sp³-hybridized carbons (Fsp3) is 0.417. The first-order valence-electron chi connectivity index (χ1n) is 11.3. The maximum atomic E-state index is 14.6. The van der Waals surface area contributed by atoms with Crippen LogP contribution in [0.4, 0.5) is 10.1 Å². The molecule has 9 nitrogen and oxygen atoms in total. The van der Waals surface area contributed by atoms with Gasteiger partial charge in [-0.1, -0.05) is 0 Å². The fourth-order valence-electron chi connectivity index (χ4n) is 4.11. The van der Waals surface area contributed by atoms with E-state index in [0.29, 0.717) is 44.0 Å². The molecule has 1 aromatic carbocycles. The molecule has 0 bridgehead atoms. The number of anilines is 1. The van der Waals surface area contributed by atoms with Gasteiger partial charge in [0.1, 0.15) is 11.2 Å². The minimum atomic E-state index is -0.444. The highest BCUT2D eigenvalue weighted by Crippen LogP contribution is 2.23. The number of carbonyl (C=O) groups excluding carboxylic acids is 1. The SMILES string of the molecule is COCCNC(=O)c1nc(C)ccc1N1CCN(Cc2cc(F)c3nc(C)c(=O)[nH]c3c2)CC1. The van der Waals surface area contributed by atoms with E-state index in [4.69, 9.17) is 4.74 Å². The minimum Gasteiger partial charge on any atom is -0.383 e. The van der Waals surface area contributed by atoms with Gasteiger partial charge in [-0.05, 0) is 43.7 Å². The first-order valence-corrected chi connectivity index (χ1v) is 11.3. The van der Waals surface area contributed by atoms with Crippen LogP contribution in [0.2, 0.25) is 0 Å². The summed E-state index contributed by atoms with van der Waals surface area (Å²) in [4.78, 5) is 40.2. The average molecular weight is 469 g/mol. The van der Waals surface area contributed by atoms with Crippen LogP contribution in [0.5, 0.6) is 0 Å². The Balaban J connectivity index is 1.44. The number of aromatic nitrogens is 3. The number of H-pyrrole nitrogens is 1. The van der Waals surface area contributed by atoms with Crippen molar-refractivity contribution >= 4 is 22.6 Å². The Bertz CT molecular complexity index is 1250. The number of benzene rings is 1. The van der Waals surface area contributed by atoms with Crippen molar-refractivity contribution in [3.63, 3.8) is 0 Å². The van der Waals surface area contributed by atoms with E-state index in [0.717, 1.165) is 30.0 Å². The second kappa shape index (κ2) is 10.3. The van der Waals surface area contributed by atoms with E-state index in [2.05, 4.69) is 30.1 Å². The van der Waals surface area contributed by atoms with Crippen molar-refractivity contribution in [2.45, 2.75) is 20.4 Å². The van der Waals surface area contributed by atoms with E-state index in [1.54, 1.807) is 20.1 Å². The Hall–Kier alpha value is -3.37. The molecule has 2 N–H and O–H groups in total. The predicted octanol–water partition coefficient (Wildman–Crippen LogP) is 1.77. The van der Waals surface area contributed by atoms with Crippen LogP contribution in [0.15, 0.2) is 29.1 Å². The normalized spacial score (nSPS) is 14.5. The molecule has 180 valence electrons. The van der Waals surface area contributed by atoms with Gasteiger partial charge in [-0.3, -0.25) is 14.5 Å². The van der Waals surface area contributed by atoms with Gasteiger partial charge in [-0.15, -0.1) is 0 Å². The first-order chi connectivity index (χ1) is 16.4. The molecule has 2 aromatic heterocycles. The number of pyridine rings is 1. The van der Waals surface area contributed by atoms with Crippen LogP contribution in [0.1, 0.15) is 27.4 Å². The van der Waals surface area contributed by atoms with Gasteiger partial charge in [-0.25, -0.2) is 14.4 Å². The van der Waals surface area contributed by atoms with Gasteiger partial charge in [0, 0.05) is 52.1 Å². The Morgan fingerprint density at radius 1 is 1.18 bits per heavy atom. The summed E-state index contributed by atoms with van der Waals surface area (Å²) in [5.41, 5.74) is 3.27. The molecule has 34 heavy (non-hydrogen) atoms. The minimum absolute atomic E-state index is 0.175. The molecule has 1 aliphatic rings. The number of amides is 1.